The number of fused-ring (bicyclic) bond motifs is 9. The molecule has 2 aromatic rings. The van der Waals surface area contributed by atoms with E-state index in [-0.39, 0.29) is 63.9 Å². The average Bonchev–Trinajstić information content (AvgIpc) is 3.54. The van der Waals surface area contributed by atoms with Crippen molar-refractivity contribution in [1.82, 2.24) is 9.88 Å². The first kappa shape index (κ1) is 23.3. The summed E-state index contributed by atoms with van der Waals surface area (Å²) in [5.74, 6) is -1.12. The Hall–Kier alpha value is -2.10. The molecule has 1 aromatic heterocycles. The van der Waals surface area contributed by atoms with Crippen LogP contribution in [-0.4, -0.2) is 44.6 Å². The highest BCUT2D eigenvalue weighted by atomic mass is 35.5. The maximum absolute atomic E-state index is 13.5. The molecule has 2 N–H and O–H groups in total. The SMILES string of the molecule is O=C(O)CCCCCN1C(=O)[C@@H]2[C@H]3C[C@@H]([C@@H]4Sc5[nH]c(=O)sc5[C@H](c5ccc(Cl)cc5)[C@@H]34)[C@H]2C1=O. The summed E-state index contributed by atoms with van der Waals surface area (Å²) >= 11 is 9.09. The summed E-state index contributed by atoms with van der Waals surface area (Å²) in [7, 11) is 0. The molecule has 3 fully saturated rings. The lowest BCUT2D eigenvalue weighted by molar-refractivity contribution is -0.141. The van der Waals surface area contributed by atoms with Crippen LogP contribution in [0.15, 0.2) is 34.1 Å². The number of benzene rings is 1. The van der Waals surface area contributed by atoms with Crippen molar-refractivity contribution in [2.75, 3.05) is 6.54 Å². The molecular formula is C25H25ClN2O5S2. The molecule has 3 heterocycles. The molecular weight excluding hydrogens is 508 g/mol. The molecule has 0 spiro atoms. The van der Waals surface area contributed by atoms with Crippen LogP contribution in [0.1, 0.15) is 48.5 Å². The predicted octanol–water partition coefficient (Wildman–Crippen LogP) is 4.21. The summed E-state index contributed by atoms with van der Waals surface area (Å²) in [6, 6.07) is 7.77. The van der Waals surface area contributed by atoms with Crippen LogP contribution < -0.4 is 4.87 Å². The quantitative estimate of drug-likeness (QED) is 0.408. The number of aromatic nitrogens is 1. The lowest BCUT2D eigenvalue weighted by atomic mass is 9.68. The molecule has 0 radical (unpaired) electrons. The highest BCUT2D eigenvalue weighted by molar-refractivity contribution is 8.00. The number of likely N-dealkylation sites (tertiary alicyclic amines) is 1. The molecule has 35 heavy (non-hydrogen) atoms. The molecule has 10 heteroatoms. The second-order valence-corrected chi connectivity index (χ2v) is 12.7. The van der Waals surface area contributed by atoms with Crippen LogP contribution in [0.5, 0.6) is 0 Å². The number of carboxylic acids is 1. The maximum Gasteiger partial charge on any atom is 0.305 e. The number of halogens is 1. The van der Waals surface area contributed by atoms with Gasteiger partial charge in [-0.3, -0.25) is 24.1 Å². The van der Waals surface area contributed by atoms with Gasteiger partial charge in [0.1, 0.15) is 0 Å². The number of aromatic amines is 1. The summed E-state index contributed by atoms with van der Waals surface area (Å²) in [5.41, 5.74) is 1.09. The van der Waals surface area contributed by atoms with E-state index in [0.29, 0.717) is 30.8 Å². The molecule has 2 bridgehead atoms. The molecule has 2 amide bonds. The number of hydrogen-bond donors (Lipinski definition) is 2. The van der Waals surface area contributed by atoms with E-state index >= 15 is 0 Å². The van der Waals surface area contributed by atoms with Gasteiger partial charge in [0.15, 0.2) is 0 Å². The first-order chi connectivity index (χ1) is 16.8. The van der Waals surface area contributed by atoms with Gasteiger partial charge in [-0.1, -0.05) is 41.5 Å². The van der Waals surface area contributed by atoms with Gasteiger partial charge in [0.2, 0.25) is 11.8 Å². The average molecular weight is 533 g/mol. The summed E-state index contributed by atoms with van der Waals surface area (Å²) in [4.78, 5) is 55.4. The minimum Gasteiger partial charge on any atom is -0.481 e. The van der Waals surface area contributed by atoms with Crippen LogP contribution in [0, 0.1) is 29.6 Å². The number of rotatable bonds is 7. The van der Waals surface area contributed by atoms with Crippen LogP contribution in [0.4, 0.5) is 0 Å². The lowest BCUT2D eigenvalue weighted by Gasteiger charge is -2.43. The number of imide groups is 1. The molecule has 7 atom stereocenters. The Balaban J connectivity index is 1.28. The van der Waals surface area contributed by atoms with Crippen molar-refractivity contribution < 1.29 is 19.5 Å². The molecule has 7 nitrogen and oxygen atoms in total. The number of thioether (sulfide) groups is 1. The predicted molar refractivity (Wildman–Crippen MR) is 133 cm³/mol. The number of carboxylic acid groups (broad SMARTS) is 1. The fourth-order valence-corrected chi connectivity index (χ4v) is 10.1. The molecule has 2 saturated carbocycles. The second-order valence-electron chi connectivity index (χ2n) is 10.0. The zero-order valence-corrected chi connectivity index (χ0v) is 21.2. The van der Waals surface area contributed by atoms with Gasteiger partial charge < -0.3 is 10.1 Å². The number of hydrogen-bond acceptors (Lipinski definition) is 6. The number of nitrogens with one attached hydrogen (secondary N) is 1. The number of amides is 2. The fraction of sp³-hybridized carbons (Fsp3) is 0.520. The van der Waals surface area contributed by atoms with Crippen LogP contribution >= 0.6 is 34.7 Å². The molecule has 2 aliphatic carbocycles. The van der Waals surface area contributed by atoms with Gasteiger partial charge in [0.05, 0.1) is 16.9 Å². The number of unbranched alkanes of at least 4 members (excludes halogenated alkanes) is 2. The van der Waals surface area contributed by atoms with Gasteiger partial charge in [-0.25, -0.2) is 0 Å². The van der Waals surface area contributed by atoms with E-state index in [2.05, 4.69) is 4.98 Å². The molecule has 4 aliphatic rings. The fourth-order valence-electron chi connectivity index (χ4n) is 7.07. The van der Waals surface area contributed by atoms with Crippen molar-refractivity contribution in [2.24, 2.45) is 29.6 Å². The van der Waals surface area contributed by atoms with Gasteiger partial charge in [-0.2, -0.15) is 0 Å². The molecule has 2 aliphatic heterocycles. The standard InChI is InChI=1S/C25H25ClN2O5S2/c26-12-7-5-11(6-8-12)16-17-13-10-14(20(17)34-22-21(16)35-25(33)27-22)19-18(13)23(31)28(24(19)32)9-3-1-2-4-15(29)30/h5-8,13-14,16-20H,1-4,9-10H2,(H,27,33)(H,29,30)/t13-,14+,16+,17+,18+,19+,20-/m0/s1. The smallest absolute Gasteiger partial charge is 0.305 e. The van der Waals surface area contributed by atoms with Crippen molar-refractivity contribution in [3.8, 4) is 0 Å². The van der Waals surface area contributed by atoms with E-state index in [1.165, 1.54) is 16.2 Å². The normalized spacial score (nSPS) is 32.6. The number of carbonyl (C=O) groups excluding carboxylic acids is 2. The maximum atomic E-state index is 13.5. The van der Waals surface area contributed by atoms with Crippen molar-refractivity contribution in [3.63, 3.8) is 0 Å². The Morgan fingerprint density at radius 1 is 1.06 bits per heavy atom. The van der Waals surface area contributed by atoms with Gasteiger partial charge in [0, 0.05) is 34.0 Å². The minimum atomic E-state index is -0.824. The Morgan fingerprint density at radius 2 is 1.77 bits per heavy atom. The molecule has 0 unspecified atom stereocenters. The van der Waals surface area contributed by atoms with Gasteiger partial charge in [-0.15, -0.1) is 11.8 Å². The monoisotopic (exact) mass is 532 g/mol. The van der Waals surface area contributed by atoms with Crippen molar-refractivity contribution in [1.29, 1.82) is 0 Å². The number of thiazole rings is 1. The van der Waals surface area contributed by atoms with E-state index in [1.807, 2.05) is 24.3 Å². The summed E-state index contributed by atoms with van der Waals surface area (Å²) in [6.45, 7) is 0.369. The zero-order chi connectivity index (χ0) is 24.4. The van der Waals surface area contributed by atoms with Gasteiger partial charge in [0.25, 0.3) is 0 Å². The van der Waals surface area contributed by atoms with Crippen LogP contribution in [-0.2, 0) is 14.4 Å². The third-order valence-electron chi connectivity index (χ3n) is 8.32. The Labute approximate surface area is 215 Å². The Kier molecular flexibility index (Phi) is 5.85. The lowest BCUT2D eigenvalue weighted by Crippen LogP contribution is -2.42. The second kappa shape index (κ2) is 8.78. The number of carbonyl (C=O) groups is 3. The summed E-state index contributed by atoms with van der Waals surface area (Å²) in [6.07, 6.45) is 2.83. The summed E-state index contributed by atoms with van der Waals surface area (Å²) in [5, 5.41) is 10.5. The van der Waals surface area contributed by atoms with Crippen LogP contribution in [0.25, 0.3) is 0 Å². The van der Waals surface area contributed by atoms with E-state index in [4.69, 9.17) is 16.7 Å². The van der Waals surface area contributed by atoms with E-state index < -0.39 is 5.97 Å². The van der Waals surface area contributed by atoms with Gasteiger partial charge >= 0.3 is 10.8 Å². The van der Waals surface area contributed by atoms with Crippen LogP contribution in [0.3, 0.4) is 0 Å². The van der Waals surface area contributed by atoms with E-state index in [1.54, 1.807) is 11.8 Å². The molecule has 1 saturated heterocycles. The van der Waals surface area contributed by atoms with Crippen molar-refractivity contribution in [2.45, 2.75) is 48.3 Å². The van der Waals surface area contributed by atoms with E-state index in [9.17, 15) is 19.2 Å². The zero-order valence-electron chi connectivity index (χ0n) is 18.8. The Morgan fingerprint density at radius 3 is 2.49 bits per heavy atom. The highest BCUT2D eigenvalue weighted by Crippen LogP contribution is 2.68. The molecule has 6 rings (SSSR count). The molecule has 184 valence electrons. The minimum absolute atomic E-state index is 0.00128. The number of aliphatic carboxylic acids is 1. The third-order valence-corrected chi connectivity index (χ3v) is 11.2. The third kappa shape index (κ3) is 3.69. The first-order valence-corrected chi connectivity index (χ1v) is 14.1. The summed E-state index contributed by atoms with van der Waals surface area (Å²) < 4.78 is 0. The largest absolute Gasteiger partial charge is 0.481 e. The topological polar surface area (TPSA) is 108 Å². The van der Waals surface area contributed by atoms with Gasteiger partial charge in [-0.05, 0) is 54.7 Å². The van der Waals surface area contributed by atoms with E-state index in [0.717, 1.165) is 21.9 Å². The number of H-pyrrole nitrogens is 1. The number of nitrogens with zero attached hydrogens (tertiary/aromatic N) is 1. The first-order valence-electron chi connectivity index (χ1n) is 12.1. The highest BCUT2D eigenvalue weighted by Gasteiger charge is 2.69. The van der Waals surface area contributed by atoms with Crippen LogP contribution in [0.2, 0.25) is 5.02 Å². The Bertz CT molecular complexity index is 1260. The molecule has 1 aromatic carbocycles. The van der Waals surface area contributed by atoms with Crippen molar-refractivity contribution in [3.05, 3.63) is 49.4 Å². The van der Waals surface area contributed by atoms with Crippen molar-refractivity contribution >= 4 is 52.5 Å².